The highest BCUT2D eigenvalue weighted by atomic mass is 16.1. The van der Waals surface area contributed by atoms with Crippen LogP contribution in [0.15, 0.2) is 97.3 Å². The molecule has 0 spiro atoms. The summed E-state index contributed by atoms with van der Waals surface area (Å²) in [7, 11) is 1.96. The molecule has 1 unspecified atom stereocenters. The van der Waals surface area contributed by atoms with Crippen molar-refractivity contribution in [1.82, 2.24) is 24.8 Å². The van der Waals surface area contributed by atoms with Crippen LogP contribution in [0.2, 0.25) is 0 Å². The van der Waals surface area contributed by atoms with Gasteiger partial charge in [-0.15, -0.1) is 0 Å². The average Bonchev–Trinajstić information content (AvgIpc) is 3.20. The quantitative estimate of drug-likeness (QED) is 0.454. The molecule has 6 heteroatoms. The Balaban J connectivity index is 1.48. The van der Waals surface area contributed by atoms with E-state index in [0.29, 0.717) is 11.4 Å². The first-order chi connectivity index (χ1) is 15.7. The van der Waals surface area contributed by atoms with Crippen molar-refractivity contribution in [2.24, 2.45) is 7.05 Å². The standard InChI is InChI=1S/C26H21N5O/c1-31-22-15-9-8-14-21(22)29-25(31)23(18-10-4-2-5-11-18)30-26(32)20-16-27-24(28-17-20)19-12-6-3-7-13-19/h2-17,23H,1H3,(H,30,32). The fourth-order valence-corrected chi connectivity index (χ4v) is 3.76. The van der Waals surface area contributed by atoms with E-state index < -0.39 is 6.04 Å². The van der Waals surface area contributed by atoms with E-state index in [1.165, 1.54) is 0 Å². The number of imidazole rings is 1. The number of rotatable bonds is 5. The molecule has 0 radical (unpaired) electrons. The molecule has 0 saturated carbocycles. The lowest BCUT2D eigenvalue weighted by Gasteiger charge is -2.19. The summed E-state index contributed by atoms with van der Waals surface area (Å²) in [6.07, 6.45) is 3.11. The number of hydrogen-bond donors (Lipinski definition) is 1. The fourth-order valence-electron chi connectivity index (χ4n) is 3.76. The van der Waals surface area contributed by atoms with Gasteiger partial charge in [0.2, 0.25) is 0 Å². The maximum absolute atomic E-state index is 13.1. The van der Waals surface area contributed by atoms with Crippen molar-refractivity contribution in [2.75, 3.05) is 0 Å². The SMILES string of the molecule is Cn1c(C(NC(=O)c2cnc(-c3ccccc3)nc2)c2ccccc2)nc2ccccc21. The number of benzene rings is 3. The number of aromatic nitrogens is 4. The second-order valence-electron chi connectivity index (χ2n) is 7.50. The van der Waals surface area contributed by atoms with E-state index in [1.54, 1.807) is 12.4 Å². The number of nitrogens with zero attached hydrogens (tertiary/aromatic N) is 4. The summed E-state index contributed by atoms with van der Waals surface area (Å²) in [5.74, 6) is 1.08. The Kier molecular flexibility index (Phi) is 5.17. The van der Waals surface area contributed by atoms with Gasteiger partial charge >= 0.3 is 0 Å². The molecule has 156 valence electrons. The van der Waals surface area contributed by atoms with Crippen LogP contribution in [-0.2, 0) is 7.05 Å². The molecule has 1 N–H and O–H groups in total. The van der Waals surface area contributed by atoms with Gasteiger partial charge in [-0.1, -0.05) is 72.8 Å². The van der Waals surface area contributed by atoms with Gasteiger partial charge in [-0.25, -0.2) is 15.0 Å². The number of carbonyl (C=O) groups excluding carboxylic acids is 1. The molecular formula is C26H21N5O. The molecule has 5 rings (SSSR count). The number of nitrogens with one attached hydrogen (secondary N) is 1. The fraction of sp³-hybridized carbons (Fsp3) is 0.0769. The zero-order valence-corrected chi connectivity index (χ0v) is 17.5. The van der Waals surface area contributed by atoms with Crippen LogP contribution in [0.4, 0.5) is 0 Å². The first-order valence-corrected chi connectivity index (χ1v) is 10.4. The lowest BCUT2D eigenvalue weighted by atomic mass is 10.1. The van der Waals surface area contributed by atoms with Crippen LogP contribution in [-0.4, -0.2) is 25.4 Å². The largest absolute Gasteiger partial charge is 0.338 e. The van der Waals surface area contributed by atoms with E-state index in [1.807, 2.05) is 96.5 Å². The molecule has 0 saturated heterocycles. The molecular weight excluding hydrogens is 398 g/mol. The topological polar surface area (TPSA) is 72.7 Å². The Morgan fingerprint density at radius 2 is 1.47 bits per heavy atom. The molecule has 32 heavy (non-hydrogen) atoms. The summed E-state index contributed by atoms with van der Waals surface area (Å²) in [6, 6.07) is 27.0. The Labute approximate surface area is 185 Å². The summed E-state index contributed by atoms with van der Waals surface area (Å²) in [5, 5.41) is 3.12. The van der Waals surface area contributed by atoms with Gasteiger partial charge in [-0.05, 0) is 17.7 Å². The molecule has 5 aromatic rings. The van der Waals surface area contributed by atoms with Crippen molar-refractivity contribution in [3.05, 3.63) is 114 Å². The summed E-state index contributed by atoms with van der Waals surface area (Å²) in [5.41, 5.74) is 4.13. The van der Waals surface area contributed by atoms with Crippen LogP contribution in [0.3, 0.4) is 0 Å². The van der Waals surface area contributed by atoms with E-state index in [-0.39, 0.29) is 5.91 Å². The second-order valence-corrected chi connectivity index (χ2v) is 7.50. The molecule has 0 aliphatic rings. The third-order valence-corrected chi connectivity index (χ3v) is 5.43. The Hall–Kier alpha value is -4.32. The summed E-state index contributed by atoms with van der Waals surface area (Å²) in [4.78, 5) is 26.7. The predicted octanol–water partition coefficient (Wildman–Crippen LogP) is 4.55. The summed E-state index contributed by atoms with van der Waals surface area (Å²) in [6.45, 7) is 0. The molecule has 0 aliphatic carbocycles. The van der Waals surface area contributed by atoms with Crippen LogP contribution in [0.5, 0.6) is 0 Å². The molecule has 0 aliphatic heterocycles. The van der Waals surface area contributed by atoms with Crippen molar-refractivity contribution < 1.29 is 4.79 Å². The number of amides is 1. The smallest absolute Gasteiger partial charge is 0.255 e. The highest BCUT2D eigenvalue weighted by Gasteiger charge is 2.23. The van der Waals surface area contributed by atoms with Gasteiger partial charge in [-0.2, -0.15) is 0 Å². The van der Waals surface area contributed by atoms with Gasteiger partial charge in [0, 0.05) is 25.0 Å². The van der Waals surface area contributed by atoms with Crippen molar-refractivity contribution in [1.29, 1.82) is 0 Å². The maximum atomic E-state index is 13.1. The van der Waals surface area contributed by atoms with Crippen molar-refractivity contribution in [3.8, 4) is 11.4 Å². The van der Waals surface area contributed by atoms with E-state index in [4.69, 9.17) is 4.98 Å². The van der Waals surface area contributed by atoms with Crippen molar-refractivity contribution >= 4 is 16.9 Å². The first-order valence-electron chi connectivity index (χ1n) is 10.4. The second kappa shape index (κ2) is 8.43. The molecule has 6 nitrogen and oxygen atoms in total. The molecule has 3 aromatic carbocycles. The van der Waals surface area contributed by atoms with Crippen LogP contribution in [0.25, 0.3) is 22.4 Å². The van der Waals surface area contributed by atoms with Crippen LogP contribution in [0, 0.1) is 0 Å². The minimum absolute atomic E-state index is 0.259. The van der Waals surface area contributed by atoms with E-state index in [9.17, 15) is 4.79 Å². The van der Waals surface area contributed by atoms with Gasteiger partial charge in [-0.3, -0.25) is 4.79 Å². The average molecular weight is 419 g/mol. The lowest BCUT2D eigenvalue weighted by Crippen LogP contribution is -2.31. The summed E-state index contributed by atoms with van der Waals surface area (Å²) < 4.78 is 2.02. The Morgan fingerprint density at radius 3 is 2.16 bits per heavy atom. The molecule has 0 fully saturated rings. The highest BCUT2D eigenvalue weighted by molar-refractivity contribution is 5.94. The van der Waals surface area contributed by atoms with E-state index in [0.717, 1.165) is 28.0 Å². The number of fused-ring (bicyclic) bond motifs is 1. The van der Waals surface area contributed by atoms with Crippen molar-refractivity contribution in [2.45, 2.75) is 6.04 Å². The van der Waals surface area contributed by atoms with Crippen LogP contribution >= 0.6 is 0 Å². The third-order valence-electron chi connectivity index (χ3n) is 5.43. The minimum Gasteiger partial charge on any atom is -0.338 e. The number of para-hydroxylation sites is 2. The predicted molar refractivity (Wildman–Crippen MR) is 124 cm³/mol. The highest BCUT2D eigenvalue weighted by Crippen LogP contribution is 2.25. The maximum Gasteiger partial charge on any atom is 0.255 e. The third kappa shape index (κ3) is 3.74. The Morgan fingerprint density at radius 1 is 0.844 bits per heavy atom. The normalized spacial score (nSPS) is 11.9. The van der Waals surface area contributed by atoms with Gasteiger partial charge in [0.15, 0.2) is 5.82 Å². The Bertz CT molecular complexity index is 1360. The number of hydrogen-bond acceptors (Lipinski definition) is 4. The van der Waals surface area contributed by atoms with E-state index in [2.05, 4.69) is 15.3 Å². The van der Waals surface area contributed by atoms with Gasteiger partial charge < -0.3 is 9.88 Å². The summed E-state index contributed by atoms with van der Waals surface area (Å²) >= 11 is 0. The number of carbonyl (C=O) groups is 1. The van der Waals surface area contributed by atoms with Gasteiger partial charge in [0.25, 0.3) is 5.91 Å². The van der Waals surface area contributed by atoms with Gasteiger partial charge in [0.05, 0.1) is 16.6 Å². The van der Waals surface area contributed by atoms with E-state index >= 15 is 0 Å². The zero-order valence-electron chi connectivity index (χ0n) is 17.5. The van der Waals surface area contributed by atoms with Crippen molar-refractivity contribution in [3.63, 3.8) is 0 Å². The lowest BCUT2D eigenvalue weighted by molar-refractivity contribution is 0.0940. The number of aryl methyl sites for hydroxylation is 1. The molecule has 1 atom stereocenters. The van der Waals surface area contributed by atoms with Crippen LogP contribution in [0.1, 0.15) is 27.8 Å². The molecule has 0 bridgehead atoms. The molecule has 1 amide bonds. The van der Waals surface area contributed by atoms with Gasteiger partial charge in [0.1, 0.15) is 11.9 Å². The minimum atomic E-state index is -0.421. The molecule has 2 heterocycles. The zero-order chi connectivity index (χ0) is 21.9. The first kappa shape index (κ1) is 19.6. The molecule has 2 aromatic heterocycles. The monoisotopic (exact) mass is 419 g/mol. The van der Waals surface area contributed by atoms with Crippen LogP contribution < -0.4 is 5.32 Å².